The maximum Gasteiger partial charge on any atom is 0.251 e. The maximum atomic E-state index is 11.6. The van der Waals surface area contributed by atoms with Gasteiger partial charge in [-0.2, -0.15) is 0 Å². The highest BCUT2D eigenvalue weighted by Crippen LogP contribution is 2.30. The largest absolute Gasteiger partial charge is 0.324 e. The Morgan fingerprint density at radius 3 is 2.81 bits per heavy atom. The monoisotopic (exact) mass is 323 g/mol. The number of aromatic amines is 1. The third-order valence-corrected chi connectivity index (χ3v) is 4.16. The molecule has 0 aliphatic rings. The van der Waals surface area contributed by atoms with E-state index in [2.05, 4.69) is 16.9 Å². The van der Waals surface area contributed by atoms with Crippen LogP contribution in [0, 0.1) is 0 Å². The smallest absolute Gasteiger partial charge is 0.251 e. The molecule has 21 heavy (non-hydrogen) atoms. The molecule has 2 aromatic rings. The molecule has 4 nitrogen and oxygen atoms in total. The second kappa shape index (κ2) is 7.11. The van der Waals surface area contributed by atoms with Gasteiger partial charge in [0.25, 0.3) is 5.56 Å². The van der Waals surface area contributed by atoms with Crippen molar-refractivity contribution in [3.05, 3.63) is 50.9 Å². The molecule has 0 saturated carbocycles. The van der Waals surface area contributed by atoms with E-state index < -0.39 is 0 Å². The minimum Gasteiger partial charge on any atom is -0.324 e. The van der Waals surface area contributed by atoms with E-state index in [1.165, 1.54) is 11.8 Å². The van der Waals surface area contributed by atoms with Gasteiger partial charge in [-0.3, -0.25) is 4.79 Å². The van der Waals surface area contributed by atoms with E-state index >= 15 is 0 Å². The molecule has 0 aliphatic carbocycles. The summed E-state index contributed by atoms with van der Waals surface area (Å²) in [5, 5.41) is 1.21. The van der Waals surface area contributed by atoms with Crippen LogP contribution in [0.1, 0.15) is 37.6 Å². The molecule has 1 heterocycles. The normalized spacial score (nSPS) is 12.4. The zero-order valence-corrected chi connectivity index (χ0v) is 13.6. The number of nitrogens with one attached hydrogen (secondary N) is 1. The van der Waals surface area contributed by atoms with Crippen LogP contribution in [-0.4, -0.2) is 9.97 Å². The van der Waals surface area contributed by atoms with Gasteiger partial charge in [0, 0.05) is 27.7 Å². The first kappa shape index (κ1) is 16.1. The Bertz CT molecular complexity index is 685. The standard InChI is InChI=1S/C15H18ClN3OS/c1-3-4-10-7-14(20)19-15(18-10)21-11-5-6-12(9(2)17)13(16)8-11/h5-9H,3-4,17H2,1-2H3,(H,18,19,20). The van der Waals surface area contributed by atoms with E-state index in [1.54, 1.807) is 6.07 Å². The van der Waals surface area contributed by atoms with E-state index in [4.69, 9.17) is 17.3 Å². The topological polar surface area (TPSA) is 71.8 Å². The minimum absolute atomic E-state index is 0.109. The van der Waals surface area contributed by atoms with Crippen LogP contribution < -0.4 is 11.3 Å². The molecule has 0 spiro atoms. The molecular formula is C15H18ClN3OS. The Hall–Kier alpha value is -1.30. The van der Waals surface area contributed by atoms with Gasteiger partial charge in [0.1, 0.15) is 0 Å². The van der Waals surface area contributed by atoms with Crippen LogP contribution in [0.5, 0.6) is 0 Å². The first-order valence-corrected chi connectivity index (χ1v) is 8.02. The fraction of sp³-hybridized carbons (Fsp3) is 0.333. The molecule has 2 rings (SSSR count). The van der Waals surface area contributed by atoms with Crippen LogP contribution in [0.15, 0.2) is 39.1 Å². The van der Waals surface area contributed by atoms with E-state index in [-0.39, 0.29) is 11.6 Å². The third kappa shape index (κ3) is 4.33. The molecule has 1 aromatic carbocycles. The average molecular weight is 324 g/mol. The van der Waals surface area contributed by atoms with Gasteiger partial charge in [-0.25, -0.2) is 4.98 Å². The minimum atomic E-state index is -0.130. The van der Waals surface area contributed by atoms with E-state index in [0.29, 0.717) is 10.2 Å². The van der Waals surface area contributed by atoms with Gasteiger partial charge in [-0.1, -0.05) is 42.8 Å². The van der Waals surface area contributed by atoms with Crippen molar-refractivity contribution in [1.29, 1.82) is 0 Å². The fourth-order valence-electron chi connectivity index (χ4n) is 1.97. The Kier molecular flexibility index (Phi) is 5.45. The van der Waals surface area contributed by atoms with Gasteiger partial charge in [0.15, 0.2) is 5.16 Å². The van der Waals surface area contributed by atoms with E-state index in [9.17, 15) is 4.79 Å². The Morgan fingerprint density at radius 1 is 1.43 bits per heavy atom. The summed E-state index contributed by atoms with van der Waals surface area (Å²) in [5.41, 5.74) is 7.42. The fourth-order valence-corrected chi connectivity index (χ4v) is 3.24. The van der Waals surface area contributed by atoms with Gasteiger partial charge >= 0.3 is 0 Å². The molecule has 6 heteroatoms. The molecule has 1 atom stereocenters. The quantitative estimate of drug-likeness (QED) is 0.825. The van der Waals surface area contributed by atoms with E-state index in [1.807, 2.05) is 25.1 Å². The SMILES string of the molecule is CCCc1cc(=O)[nH]c(Sc2ccc(C(C)N)c(Cl)c2)n1. The molecule has 0 amide bonds. The van der Waals surface area contributed by atoms with Crippen molar-refractivity contribution in [2.45, 2.75) is 42.8 Å². The molecule has 0 bridgehead atoms. The first-order chi connectivity index (χ1) is 9.99. The lowest BCUT2D eigenvalue weighted by Crippen LogP contribution is -2.09. The molecule has 0 saturated heterocycles. The summed E-state index contributed by atoms with van der Waals surface area (Å²) < 4.78 is 0. The summed E-state index contributed by atoms with van der Waals surface area (Å²) in [4.78, 5) is 19.7. The average Bonchev–Trinajstić information content (AvgIpc) is 2.37. The number of aryl methyl sites for hydroxylation is 1. The number of rotatable bonds is 5. The number of halogens is 1. The summed E-state index contributed by atoms with van der Waals surface area (Å²) in [6.07, 6.45) is 1.75. The second-order valence-electron chi connectivity index (χ2n) is 4.87. The number of aromatic nitrogens is 2. The summed E-state index contributed by atoms with van der Waals surface area (Å²) >= 11 is 7.60. The molecule has 112 valence electrons. The van der Waals surface area contributed by atoms with Gasteiger partial charge in [-0.05, 0) is 31.0 Å². The highest BCUT2D eigenvalue weighted by atomic mass is 35.5. The van der Waals surface area contributed by atoms with Crippen LogP contribution in [0.4, 0.5) is 0 Å². The molecule has 1 unspecified atom stereocenters. The number of nitrogens with zero attached hydrogens (tertiary/aromatic N) is 1. The van der Waals surface area contributed by atoms with Crippen molar-refractivity contribution >= 4 is 23.4 Å². The van der Waals surface area contributed by atoms with Crippen molar-refractivity contribution in [2.24, 2.45) is 5.73 Å². The maximum absolute atomic E-state index is 11.6. The lowest BCUT2D eigenvalue weighted by Gasteiger charge is -2.09. The lowest BCUT2D eigenvalue weighted by atomic mass is 10.1. The predicted molar refractivity (Wildman–Crippen MR) is 87.0 cm³/mol. The zero-order chi connectivity index (χ0) is 15.4. The number of benzene rings is 1. The second-order valence-corrected chi connectivity index (χ2v) is 6.34. The van der Waals surface area contributed by atoms with Crippen LogP contribution in [0.2, 0.25) is 5.02 Å². The third-order valence-electron chi connectivity index (χ3n) is 2.96. The Balaban J connectivity index is 2.26. The number of nitrogens with two attached hydrogens (primary N) is 1. The van der Waals surface area contributed by atoms with Crippen LogP contribution in [0.25, 0.3) is 0 Å². The molecule has 0 radical (unpaired) electrons. The van der Waals surface area contributed by atoms with Gasteiger partial charge < -0.3 is 10.7 Å². The van der Waals surface area contributed by atoms with E-state index in [0.717, 1.165) is 29.0 Å². The predicted octanol–water partition coefficient (Wildman–Crippen LogP) is 3.55. The van der Waals surface area contributed by atoms with Gasteiger partial charge in [0.2, 0.25) is 0 Å². The van der Waals surface area contributed by atoms with Crippen LogP contribution in [-0.2, 0) is 6.42 Å². The van der Waals surface area contributed by atoms with Crippen molar-refractivity contribution < 1.29 is 0 Å². The van der Waals surface area contributed by atoms with Crippen LogP contribution in [0.3, 0.4) is 0 Å². The summed E-state index contributed by atoms with van der Waals surface area (Å²) in [5.74, 6) is 0. The van der Waals surface area contributed by atoms with Crippen LogP contribution >= 0.6 is 23.4 Å². The molecular weight excluding hydrogens is 306 g/mol. The number of hydrogen-bond acceptors (Lipinski definition) is 4. The summed E-state index contributed by atoms with van der Waals surface area (Å²) in [7, 11) is 0. The van der Waals surface area contributed by atoms with Crippen molar-refractivity contribution in [1.82, 2.24) is 9.97 Å². The Morgan fingerprint density at radius 2 is 2.19 bits per heavy atom. The highest BCUT2D eigenvalue weighted by Gasteiger charge is 2.08. The highest BCUT2D eigenvalue weighted by molar-refractivity contribution is 7.99. The number of hydrogen-bond donors (Lipinski definition) is 2. The molecule has 0 fully saturated rings. The summed E-state index contributed by atoms with van der Waals surface area (Å²) in [6.45, 7) is 3.95. The Labute approximate surface area is 133 Å². The van der Waals surface area contributed by atoms with Crippen molar-refractivity contribution in [3.8, 4) is 0 Å². The molecule has 0 aliphatic heterocycles. The summed E-state index contributed by atoms with van der Waals surface area (Å²) in [6, 6.07) is 7.12. The molecule has 1 aromatic heterocycles. The molecule has 3 N–H and O–H groups in total. The van der Waals surface area contributed by atoms with Crippen molar-refractivity contribution in [2.75, 3.05) is 0 Å². The zero-order valence-electron chi connectivity index (χ0n) is 12.0. The number of H-pyrrole nitrogens is 1. The van der Waals surface area contributed by atoms with Gasteiger partial charge in [-0.15, -0.1) is 0 Å². The lowest BCUT2D eigenvalue weighted by molar-refractivity contribution is 0.814. The van der Waals surface area contributed by atoms with Crippen molar-refractivity contribution in [3.63, 3.8) is 0 Å². The first-order valence-electron chi connectivity index (χ1n) is 6.82. The van der Waals surface area contributed by atoms with Gasteiger partial charge in [0.05, 0.1) is 0 Å².